The summed E-state index contributed by atoms with van der Waals surface area (Å²) in [5.41, 5.74) is 2.20. The van der Waals surface area contributed by atoms with Crippen LogP contribution in [0.4, 0.5) is 0 Å². The van der Waals surface area contributed by atoms with E-state index in [1.807, 2.05) is 13.0 Å². The van der Waals surface area contributed by atoms with Gasteiger partial charge in [-0.1, -0.05) is 0 Å². The maximum absolute atomic E-state index is 11.2. The van der Waals surface area contributed by atoms with Gasteiger partial charge in [0.05, 0.1) is 0 Å². The largest absolute Gasteiger partial charge is 0.322 e. The molecule has 15 heavy (non-hydrogen) atoms. The molecule has 1 N–H and O–H groups in total. The first kappa shape index (κ1) is 9.65. The quantitative estimate of drug-likeness (QED) is 0.718. The van der Waals surface area contributed by atoms with E-state index >= 15 is 0 Å². The number of ketones is 1. The Labute approximate surface area is 86.8 Å². The van der Waals surface area contributed by atoms with Gasteiger partial charge < -0.3 is 4.98 Å². The summed E-state index contributed by atoms with van der Waals surface area (Å²) < 4.78 is 0. The smallest absolute Gasteiger partial charge is 0.248 e. The molecule has 0 unspecified atom stereocenters. The molecule has 0 spiro atoms. The van der Waals surface area contributed by atoms with E-state index < -0.39 is 0 Å². The molecular formula is C12H11NO2. The monoisotopic (exact) mass is 201 g/mol. The molecule has 3 nitrogen and oxygen atoms in total. The first-order chi connectivity index (χ1) is 7.08. The number of benzene rings is 1. The molecule has 0 bridgehead atoms. The number of aromatic nitrogens is 1. The zero-order chi connectivity index (χ0) is 11.0. The predicted octanol–water partition coefficient (Wildman–Crippen LogP) is 2.04. The number of hydrogen-bond donors (Lipinski definition) is 1. The number of hydrogen-bond acceptors (Lipinski definition) is 2. The number of carbonyl (C=O) groups is 1. The Morgan fingerprint density at radius 1 is 1.27 bits per heavy atom. The Bertz CT molecular complexity index is 596. The van der Waals surface area contributed by atoms with Crippen LogP contribution in [0.25, 0.3) is 10.9 Å². The molecule has 0 amide bonds. The van der Waals surface area contributed by atoms with Crippen molar-refractivity contribution < 1.29 is 4.79 Å². The zero-order valence-electron chi connectivity index (χ0n) is 8.63. The minimum absolute atomic E-state index is 0.0301. The number of pyridine rings is 1. The van der Waals surface area contributed by atoms with Gasteiger partial charge in [0.15, 0.2) is 5.78 Å². The van der Waals surface area contributed by atoms with E-state index in [4.69, 9.17) is 0 Å². The lowest BCUT2D eigenvalue weighted by Crippen LogP contribution is -2.05. The van der Waals surface area contributed by atoms with Crippen molar-refractivity contribution in [3.63, 3.8) is 0 Å². The summed E-state index contributed by atoms with van der Waals surface area (Å²) >= 11 is 0. The van der Waals surface area contributed by atoms with Gasteiger partial charge in [-0.3, -0.25) is 9.59 Å². The third kappa shape index (κ3) is 1.68. The Morgan fingerprint density at radius 2 is 2.00 bits per heavy atom. The van der Waals surface area contributed by atoms with Crippen molar-refractivity contribution in [2.75, 3.05) is 0 Å². The standard InChI is InChI=1S/C12H11NO2/c1-7-5-12(15)13-11-4-3-9(8(2)14)6-10(7)11/h3-6H,1-2H3,(H,13,15). The van der Waals surface area contributed by atoms with Gasteiger partial charge in [0.2, 0.25) is 5.56 Å². The summed E-state index contributed by atoms with van der Waals surface area (Å²) in [5.74, 6) is 0.0301. The minimum Gasteiger partial charge on any atom is -0.322 e. The van der Waals surface area contributed by atoms with Crippen LogP contribution in [0.1, 0.15) is 22.8 Å². The SMILES string of the molecule is CC(=O)c1ccc2[nH]c(=O)cc(C)c2c1. The van der Waals surface area contributed by atoms with Crippen LogP contribution in [0, 0.1) is 6.92 Å². The highest BCUT2D eigenvalue weighted by Crippen LogP contribution is 2.16. The molecule has 1 aromatic carbocycles. The Morgan fingerprint density at radius 3 is 2.67 bits per heavy atom. The van der Waals surface area contributed by atoms with Gasteiger partial charge >= 0.3 is 0 Å². The third-order valence-corrected chi connectivity index (χ3v) is 2.46. The number of nitrogens with one attached hydrogen (secondary N) is 1. The van der Waals surface area contributed by atoms with Gasteiger partial charge in [-0.05, 0) is 37.6 Å². The second-order valence-corrected chi connectivity index (χ2v) is 3.63. The van der Waals surface area contributed by atoms with Crippen LogP contribution in [-0.2, 0) is 0 Å². The molecule has 0 saturated heterocycles. The maximum atomic E-state index is 11.2. The van der Waals surface area contributed by atoms with Crippen molar-refractivity contribution in [2.24, 2.45) is 0 Å². The molecule has 0 aliphatic rings. The molecule has 1 aromatic heterocycles. The van der Waals surface area contributed by atoms with Crippen LogP contribution in [-0.4, -0.2) is 10.8 Å². The highest BCUT2D eigenvalue weighted by molar-refractivity contribution is 5.98. The first-order valence-corrected chi connectivity index (χ1v) is 4.72. The van der Waals surface area contributed by atoms with Crippen LogP contribution >= 0.6 is 0 Å². The van der Waals surface area contributed by atoms with Crippen LogP contribution in [0.3, 0.4) is 0 Å². The number of aromatic amines is 1. The lowest BCUT2D eigenvalue weighted by atomic mass is 10.1. The molecule has 0 aliphatic heterocycles. The highest BCUT2D eigenvalue weighted by atomic mass is 16.1. The summed E-state index contributed by atoms with van der Waals surface area (Å²) in [7, 11) is 0. The van der Waals surface area contributed by atoms with Gasteiger partial charge in [0.25, 0.3) is 0 Å². The normalized spacial score (nSPS) is 10.5. The van der Waals surface area contributed by atoms with Crippen molar-refractivity contribution in [2.45, 2.75) is 13.8 Å². The summed E-state index contributed by atoms with van der Waals surface area (Å²) in [6.45, 7) is 3.39. The average molecular weight is 201 g/mol. The lowest BCUT2D eigenvalue weighted by molar-refractivity contribution is 0.101. The second-order valence-electron chi connectivity index (χ2n) is 3.63. The number of fused-ring (bicyclic) bond motifs is 1. The molecule has 0 fully saturated rings. The molecule has 3 heteroatoms. The number of aryl methyl sites for hydroxylation is 1. The predicted molar refractivity (Wildman–Crippen MR) is 59.3 cm³/mol. The zero-order valence-corrected chi connectivity index (χ0v) is 8.63. The molecule has 0 saturated carbocycles. The number of H-pyrrole nitrogens is 1. The fourth-order valence-electron chi connectivity index (χ4n) is 1.64. The summed E-state index contributed by atoms with van der Waals surface area (Å²) in [4.78, 5) is 25.1. The van der Waals surface area contributed by atoms with Gasteiger partial charge in [-0.2, -0.15) is 0 Å². The maximum Gasteiger partial charge on any atom is 0.248 e. The molecule has 0 atom stereocenters. The van der Waals surface area contributed by atoms with Crippen molar-refractivity contribution in [3.05, 3.63) is 45.7 Å². The molecule has 0 radical (unpaired) electrons. The van der Waals surface area contributed by atoms with Gasteiger partial charge in [0, 0.05) is 22.5 Å². The molecule has 1 heterocycles. The van der Waals surface area contributed by atoms with E-state index in [0.717, 1.165) is 16.5 Å². The lowest BCUT2D eigenvalue weighted by Gasteiger charge is -2.03. The van der Waals surface area contributed by atoms with E-state index in [0.29, 0.717) is 5.56 Å². The molecular weight excluding hydrogens is 190 g/mol. The third-order valence-electron chi connectivity index (χ3n) is 2.46. The van der Waals surface area contributed by atoms with Crippen molar-refractivity contribution >= 4 is 16.7 Å². The molecule has 2 rings (SSSR count). The van der Waals surface area contributed by atoms with Crippen molar-refractivity contribution in [1.29, 1.82) is 0 Å². The molecule has 76 valence electrons. The van der Waals surface area contributed by atoms with E-state index in [1.54, 1.807) is 12.1 Å². The number of carbonyl (C=O) groups excluding carboxylic acids is 1. The van der Waals surface area contributed by atoms with Crippen molar-refractivity contribution in [3.8, 4) is 0 Å². The van der Waals surface area contributed by atoms with Gasteiger partial charge in [-0.15, -0.1) is 0 Å². The fraction of sp³-hybridized carbons (Fsp3) is 0.167. The van der Waals surface area contributed by atoms with Crippen LogP contribution in [0.15, 0.2) is 29.1 Å². The highest BCUT2D eigenvalue weighted by Gasteiger charge is 2.03. The van der Waals surface area contributed by atoms with Crippen LogP contribution in [0.2, 0.25) is 0 Å². The average Bonchev–Trinajstić information content (AvgIpc) is 2.16. The van der Waals surface area contributed by atoms with E-state index in [2.05, 4.69) is 4.98 Å². The van der Waals surface area contributed by atoms with Crippen LogP contribution in [0.5, 0.6) is 0 Å². The fourth-order valence-corrected chi connectivity index (χ4v) is 1.64. The topological polar surface area (TPSA) is 49.9 Å². The Hall–Kier alpha value is -1.90. The van der Waals surface area contributed by atoms with Crippen molar-refractivity contribution in [1.82, 2.24) is 4.98 Å². The Balaban J connectivity index is 2.82. The summed E-state index contributed by atoms with van der Waals surface area (Å²) in [6, 6.07) is 6.83. The van der Waals surface area contributed by atoms with E-state index in [9.17, 15) is 9.59 Å². The van der Waals surface area contributed by atoms with E-state index in [-0.39, 0.29) is 11.3 Å². The van der Waals surface area contributed by atoms with Gasteiger partial charge in [-0.25, -0.2) is 0 Å². The summed E-state index contributed by atoms with van der Waals surface area (Å²) in [6.07, 6.45) is 0. The first-order valence-electron chi connectivity index (χ1n) is 4.72. The van der Waals surface area contributed by atoms with Crippen LogP contribution < -0.4 is 5.56 Å². The number of rotatable bonds is 1. The molecule has 0 aliphatic carbocycles. The number of Topliss-reactive ketones (excluding diaryl/α,β-unsaturated/α-hetero) is 1. The second kappa shape index (κ2) is 3.35. The van der Waals surface area contributed by atoms with E-state index in [1.165, 1.54) is 13.0 Å². The molecule has 2 aromatic rings. The van der Waals surface area contributed by atoms with Gasteiger partial charge in [0.1, 0.15) is 0 Å². The summed E-state index contributed by atoms with van der Waals surface area (Å²) in [5, 5.41) is 0.919. The Kier molecular flexibility index (Phi) is 2.15. The minimum atomic E-state index is -0.115.